The highest BCUT2D eigenvalue weighted by atomic mass is 32.2. The molecule has 22 heavy (non-hydrogen) atoms. The molecule has 3 rings (SSSR count). The number of aromatic carboxylic acids is 1. The number of nitrogens with one attached hydrogen (secondary N) is 1. The summed E-state index contributed by atoms with van der Waals surface area (Å²) in [4.78, 5) is 16.1. The number of nitrogens with zero attached hydrogens (tertiary/aromatic N) is 1. The number of carboxylic acid groups (broad SMARTS) is 1. The molecule has 1 aliphatic carbocycles. The van der Waals surface area contributed by atoms with Gasteiger partial charge in [0, 0.05) is 0 Å². The van der Waals surface area contributed by atoms with Gasteiger partial charge in [0.25, 0.3) is 10.0 Å². The van der Waals surface area contributed by atoms with Gasteiger partial charge in [-0.3, -0.25) is 4.72 Å². The third kappa shape index (κ3) is 2.84. The van der Waals surface area contributed by atoms with Gasteiger partial charge in [0.2, 0.25) is 0 Å². The van der Waals surface area contributed by atoms with Crippen LogP contribution in [0.4, 0.5) is 5.82 Å². The van der Waals surface area contributed by atoms with Gasteiger partial charge in [0.15, 0.2) is 5.82 Å². The minimum absolute atomic E-state index is 0.0322. The number of aromatic nitrogens is 1. The van der Waals surface area contributed by atoms with Gasteiger partial charge in [-0.15, -0.1) is 11.3 Å². The van der Waals surface area contributed by atoms with Crippen LogP contribution in [0.25, 0.3) is 0 Å². The number of aryl methyl sites for hydroxylation is 1. The first kappa shape index (κ1) is 15.0. The van der Waals surface area contributed by atoms with Crippen LogP contribution in [0.3, 0.4) is 0 Å². The van der Waals surface area contributed by atoms with E-state index in [0.717, 1.165) is 17.7 Å². The predicted octanol–water partition coefficient (Wildman–Crippen LogP) is 2.83. The number of hydrogen-bond acceptors (Lipinski definition) is 5. The second kappa shape index (κ2) is 5.36. The summed E-state index contributed by atoms with van der Waals surface area (Å²) in [6.45, 7) is 1.57. The van der Waals surface area contributed by atoms with E-state index in [2.05, 4.69) is 9.71 Å². The number of anilines is 1. The molecule has 0 aliphatic heterocycles. The lowest BCUT2D eigenvalue weighted by Crippen LogP contribution is -2.15. The number of rotatable bonds is 5. The molecule has 2 N–H and O–H groups in total. The van der Waals surface area contributed by atoms with Gasteiger partial charge in [0.05, 0.1) is 20.8 Å². The Kier molecular flexibility index (Phi) is 3.65. The SMILES string of the molecule is Cc1cc(S(=O)(=O)Nc2ncsc2C2CC2)ccc1C(=O)O. The molecule has 0 radical (unpaired) electrons. The molecule has 2 aromatic rings. The van der Waals surface area contributed by atoms with Gasteiger partial charge >= 0.3 is 5.97 Å². The highest BCUT2D eigenvalue weighted by Gasteiger charge is 2.30. The summed E-state index contributed by atoms with van der Waals surface area (Å²) in [6.07, 6.45) is 2.12. The van der Waals surface area contributed by atoms with Crippen LogP contribution in [0.15, 0.2) is 28.6 Å². The molecule has 6 nitrogen and oxygen atoms in total. The summed E-state index contributed by atoms with van der Waals surface area (Å²) >= 11 is 1.45. The van der Waals surface area contributed by atoms with Crippen LogP contribution in [-0.4, -0.2) is 24.5 Å². The zero-order valence-corrected chi connectivity index (χ0v) is 13.4. The lowest BCUT2D eigenvalue weighted by atomic mass is 10.1. The van der Waals surface area contributed by atoms with Crippen LogP contribution in [0, 0.1) is 6.92 Å². The molecule has 0 unspecified atom stereocenters. The molecule has 1 aromatic heterocycles. The van der Waals surface area contributed by atoms with Gasteiger partial charge in [-0.1, -0.05) is 0 Å². The summed E-state index contributed by atoms with van der Waals surface area (Å²) in [6, 6.07) is 3.95. The summed E-state index contributed by atoms with van der Waals surface area (Å²) < 4.78 is 27.4. The van der Waals surface area contributed by atoms with Gasteiger partial charge in [-0.2, -0.15) is 0 Å². The second-order valence-corrected chi connectivity index (χ2v) is 7.80. The summed E-state index contributed by atoms with van der Waals surface area (Å²) in [5, 5.41) is 9.00. The van der Waals surface area contributed by atoms with E-state index in [1.807, 2.05) is 0 Å². The number of carboxylic acids is 1. The fourth-order valence-corrected chi connectivity index (χ4v) is 4.29. The Labute approximate surface area is 131 Å². The number of thiazole rings is 1. The maximum absolute atomic E-state index is 12.4. The normalized spacial score (nSPS) is 14.8. The lowest BCUT2D eigenvalue weighted by Gasteiger charge is -2.09. The Bertz CT molecular complexity index is 838. The smallest absolute Gasteiger partial charge is 0.335 e. The maximum atomic E-state index is 12.4. The van der Waals surface area contributed by atoms with Crippen LogP contribution < -0.4 is 4.72 Å². The summed E-state index contributed by atoms with van der Waals surface area (Å²) in [5.74, 6) is -0.293. The first-order valence-electron chi connectivity index (χ1n) is 6.68. The molecule has 116 valence electrons. The quantitative estimate of drug-likeness (QED) is 0.874. The first-order chi connectivity index (χ1) is 10.4. The fourth-order valence-electron chi connectivity index (χ4n) is 2.20. The van der Waals surface area contributed by atoms with E-state index in [9.17, 15) is 13.2 Å². The minimum Gasteiger partial charge on any atom is -0.478 e. The van der Waals surface area contributed by atoms with Crippen LogP contribution >= 0.6 is 11.3 Å². The van der Waals surface area contributed by atoms with Crippen molar-refractivity contribution in [1.29, 1.82) is 0 Å². The Balaban J connectivity index is 1.91. The molecule has 1 saturated carbocycles. The van der Waals surface area contributed by atoms with E-state index in [0.29, 0.717) is 17.3 Å². The number of sulfonamides is 1. The topological polar surface area (TPSA) is 96.4 Å². The largest absolute Gasteiger partial charge is 0.478 e. The lowest BCUT2D eigenvalue weighted by molar-refractivity contribution is 0.0696. The van der Waals surface area contributed by atoms with Crippen molar-refractivity contribution in [3.8, 4) is 0 Å². The van der Waals surface area contributed by atoms with Crippen LogP contribution in [0.2, 0.25) is 0 Å². The van der Waals surface area contributed by atoms with E-state index >= 15 is 0 Å². The van der Waals surface area contributed by atoms with Crippen molar-refractivity contribution in [2.75, 3.05) is 4.72 Å². The van der Waals surface area contributed by atoms with E-state index < -0.39 is 16.0 Å². The molecular weight excluding hydrogens is 324 g/mol. The van der Waals surface area contributed by atoms with Crippen molar-refractivity contribution in [2.24, 2.45) is 0 Å². The van der Waals surface area contributed by atoms with Gasteiger partial charge in [-0.25, -0.2) is 18.2 Å². The molecule has 0 bridgehead atoms. The van der Waals surface area contributed by atoms with Crippen LogP contribution in [0.5, 0.6) is 0 Å². The Morgan fingerprint density at radius 1 is 1.41 bits per heavy atom. The maximum Gasteiger partial charge on any atom is 0.335 e. The van der Waals surface area contributed by atoms with Crippen molar-refractivity contribution in [2.45, 2.75) is 30.6 Å². The third-order valence-electron chi connectivity index (χ3n) is 3.51. The van der Waals surface area contributed by atoms with Crippen molar-refractivity contribution in [3.05, 3.63) is 39.7 Å². The van der Waals surface area contributed by atoms with Crippen LogP contribution in [0.1, 0.15) is 39.6 Å². The Hall–Kier alpha value is -1.93. The van der Waals surface area contributed by atoms with Crippen molar-refractivity contribution < 1.29 is 18.3 Å². The van der Waals surface area contributed by atoms with E-state index in [1.54, 1.807) is 12.4 Å². The monoisotopic (exact) mass is 338 g/mol. The molecule has 0 atom stereocenters. The summed E-state index contributed by atoms with van der Waals surface area (Å²) in [5.41, 5.74) is 2.12. The van der Waals surface area contributed by atoms with E-state index in [4.69, 9.17) is 5.11 Å². The molecule has 1 fully saturated rings. The number of hydrogen-bond donors (Lipinski definition) is 2. The zero-order chi connectivity index (χ0) is 15.9. The first-order valence-corrected chi connectivity index (χ1v) is 9.05. The van der Waals surface area contributed by atoms with Gasteiger partial charge < -0.3 is 5.11 Å². The molecular formula is C14H14N2O4S2. The third-order valence-corrected chi connectivity index (χ3v) is 5.84. The second-order valence-electron chi connectivity index (χ2n) is 5.23. The molecule has 8 heteroatoms. The number of carbonyl (C=O) groups is 1. The molecule has 1 aliphatic rings. The predicted molar refractivity (Wildman–Crippen MR) is 83.0 cm³/mol. The van der Waals surface area contributed by atoms with E-state index in [-0.39, 0.29) is 10.5 Å². The molecule has 1 heterocycles. The van der Waals surface area contributed by atoms with Crippen molar-refractivity contribution in [3.63, 3.8) is 0 Å². The standard InChI is InChI=1S/C14H14N2O4S2/c1-8-6-10(4-5-11(8)14(17)18)22(19,20)16-13-12(9-2-3-9)21-7-15-13/h4-7,9,16H,2-3H2,1H3,(H,17,18). The average Bonchev–Trinajstić information content (AvgIpc) is 3.19. The van der Waals surface area contributed by atoms with Crippen molar-refractivity contribution >= 4 is 33.1 Å². The fraction of sp³-hybridized carbons (Fsp3) is 0.286. The highest BCUT2D eigenvalue weighted by molar-refractivity contribution is 7.92. The van der Waals surface area contributed by atoms with Gasteiger partial charge in [-0.05, 0) is 49.4 Å². The number of benzene rings is 1. The highest BCUT2D eigenvalue weighted by Crippen LogP contribution is 2.45. The van der Waals surface area contributed by atoms with Gasteiger partial charge in [0.1, 0.15) is 0 Å². The van der Waals surface area contributed by atoms with Crippen molar-refractivity contribution in [1.82, 2.24) is 4.98 Å². The molecule has 0 spiro atoms. The summed E-state index contributed by atoms with van der Waals surface area (Å²) in [7, 11) is -3.78. The zero-order valence-electron chi connectivity index (χ0n) is 11.7. The molecule has 0 saturated heterocycles. The Morgan fingerprint density at radius 3 is 2.73 bits per heavy atom. The van der Waals surface area contributed by atoms with E-state index in [1.165, 1.54) is 29.5 Å². The van der Waals surface area contributed by atoms with Crippen LogP contribution in [-0.2, 0) is 10.0 Å². The molecule has 1 aromatic carbocycles. The minimum atomic E-state index is -3.78. The average molecular weight is 338 g/mol. The Morgan fingerprint density at radius 2 is 2.14 bits per heavy atom. The molecule has 0 amide bonds.